The first-order chi connectivity index (χ1) is 9.29. The van der Waals surface area contributed by atoms with Gasteiger partial charge in [-0.1, -0.05) is 12.1 Å². The van der Waals surface area contributed by atoms with Crippen LogP contribution in [0.3, 0.4) is 0 Å². The van der Waals surface area contributed by atoms with E-state index in [-0.39, 0.29) is 12.0 Å². The van der Waals surface area contributed by atoms with Crippen molar-refractivity contribution in [3.63, 3.8) is 0 Å². The minimum absolute atomic E-state index is 0.121. The Morgan fingerprint density at radius 3 is 2.55 bits per heavy atom. The molecule has 1 aromatic heterocycles. The minimum Gasteiger partial charge on any atom is -0.324 e. The van der Waals surface area contributed by atoms with Gasteiger partial charge < -0.3 is 5.73 Å². The number of halogens is 5. The SMILES string of the molecule is NC(Cc1cc(Br)cs1)c1cccc(C(F)(F)F)c1F. The van der Waals surface area contributed by atoms with Crippen molar-refractivity contribution >= 4 is 27.3 Å². The standard InChI is InChI=1S/C13H10BrF4NS/c14-7-4-8(20-6-7)5-11(19)9-2-1-3-10(12(9)15)13(16,17)18/h1-4,6,11H,5,19H2. The molecule has 1 atom stereocenters. The van der Waals surface area contributed by atoms with Gasteiger partial charge in [-0.25, -0.2) is 4.39 Å². The van der Waals surface area contributed by atoms with E-state index >= 15 is 0 Å². The quantitative estimate of drug-likeness (QED) is 0.766. The molecule has 0 spiro atoms. The first-order valence-electron chi connectivity index (χ1n) is 5.63. The Hall–Kier alpha value is -0.920. The lowest BCUT2D eigenvalue weighted by Gasteiger charge is -2.15. The lowest BCUT2D eigenvalue weighted by molar-refractivity contribution is -0.140. The van der Waals surface area contributed by atoms with Crippen molar-refractivity contribution in [2.45, 2.75) is 18.6 Å². The summed E-state index contributed by atoms with van der Waals surface area (Å²) in [5, 5.41) is 1.84. The molecule has 0 bridgehead atoms. The van der Waals surface area contributed by atoms with Crippen LogP contribution in [-0.2, 0) is 12.6 Å². The molecule has 0 amide bonds. The third-order valence-electron chi connectivity index (χ3n) is 2.78. The molecule has 2 N–H and O–H groups in total. The van der Waals surface area contributed by atoms with E-state index in [1.54, 1.807) is 0 Å². The molecule has 0 saturated heterocycles. The Morgan fingerprint density at radius 1 is 1.30 bits per heavy atom. The van der Waals surface area contributed by atoms with Gasteiger partial charge in [0.1, 0.15) is 5.82 Å². The molecule has 1 heterocycles. The molecule has 0 aliphatic heterocycles. The maximum atomic E-state index is 13.9. The number of benzene rings is 1. The van der Waals surface area contributed by atoms with Gasteiger partial charge in [-0.3, -0.25) is 0 Å². The zero-order valence-electron chi connectivity index (χ0n) is 10.0. The Morgan fingerprint density at radius 2 is 2.00 bits per heavy atom. The first-order valence-corrected chi connectivity index (χ1v) is 7.30. The average Bonchev–Trinajstić information content (AvgIpc) is 2.73. The maximum Gasteiger partial charge on any atom is 0.419 e. The van der Waals surface area contributed by atoms with Crippen LogP contribution in [0.5, 0.6) is 0 Å². The summed E-state index contributed by atoms with van der Waals surface area (Å²) in [4.78, 5) is 0.876. The second-order valence-electron chi connectivity index (χ2n) is 4.25. The fourth-order valence-electron chi connectivity index (χ4n) is 1.84. The molecule has 1 unspecified atom stereocenters. The molecule has 0 saturated carbocycles. The van der Waals surface area contributed by atoms with Crippen molar-refractivity contribution in [1.29, 1.82) is 0 Å². The van der Waals surface area contributed by atoms with Gasteiger partial charge in [0, 0.05) is 32.8 Å². The monoisotopic (exact) mass is 367 g/mol. The van der Waals surface area contributed by atoms with Crippen LogP contribution in [-0.4, -0.2) is 0 Å². The normalized spacial score (nSPS) is 13.5. The topological polar surface area (TPSA) is 26.0 Å². The van der Waals surface area contributed by atoms with Gasteiger partial charge in [-0.05, 0) is 28.1 Å². The minimum atomic E-state index is -4.72. The van der Waals surface area contributed by atoms with Gasteiger partial charge in [-0.15, -0.1) is 11.3 Å². The van der Waals surface area contributed by atoms with Crippen molar-refractivity contribution < 1.29 is 17.6 Å². The largest absolute Gasteiger partial charge is 0.419 e. The first kappa shape index (κ1) is 15.5. The average molecular weight is 368 g/mol. The van der Waals surface area contributed by atoms with E-state index in [1.807, 2.05) is 11.4 Å². The van der Waals surface area contributed by atoms with Crippen LogP contribution in [0.2, 0.25) is 0 Å². The number of nitrogens with two attached hydrogens (primary N) is 1. The molecule has 108 valence electrons. The van der Waals surface area contributed by atoms with Crippen molar-refractivity contribution in [3.05, 3.63) is 55.9 Å². The lowest BCUT2D eigenvalue weighted by Crippen LogP contribution is -2.17. The van der Waals surface area contributed by atoms with Crippen molar-refractivity contribution in [1.82, 2.24) is 0 Å². The summed E-state index contributed by atoms with van der Waals surface area (Å²) in [5.74, 6) is -1.29. The second kappa shape index (κ2) is 5.83. The van der Waals surface area contributed by atoms with E-state index in [9.17, 15) is 17.6 Å². The van der Waals surface area contributed by atoms with E-state index in [0.29, 0.717) is 6.07 Å². The van der Waals surface area contributed by atoms with Crippen molar-refractivity contribution in [2.75, 3.05) is 0 Å². The predicted octanol–water partition coefficient (Wildman–Crippen LogP) is 4.91. The highest BCUT2D eigenvalue weighted by Gasteiger charge is 2.35. The smallest absolute Gasteiger partial charge is 0.324 e. The van der Waals surface area contributed by atoms with E-state index in [0.717, 1.165) is 9.35 Å². The fourth-order valence-corrected chi connectivity index (χ4v) is 3.35. The van der Waals surface area contributed by atoms with Gasteiger partial charge in [0.25, 0.3) is 0 Å². The van der Waals surface area contributed by atoms with Gasteiger partial charge in [0.15, 0.2) is 0 Å². The molecule has 2 aromatic rings. The van der Waals surface area contributed by atoms with Gasteiger partial charge in [0.2, 0.25) is 0 Å². The van der Waals surface area contributed by atoms with Crippen molar-refractivity contribution in [2.24, 2.45) is 5.73 Å². The molecule has 1 nitrogen and oxygen atoms in total. The molecule has 20 heavy (non-hydrogen) atoms. The molecular formula is C13H10BrF4NS. The third kappa shape index (κ3) is 3.39. The van der Waals surface area contributed by atoms with E-state index in [1.165, 1.54) is 23.5 Å². The van der Waals surface area contributed by atoms with E-state index in [4.69, 9.17) is 5.73 Å². The van der Waals surface area contributed by atoms with Gasteiger partial charge in [-0.2, -0.15) is 13.2 Å². The van der Waals surface area contributed by atoms with Crippen LogP contribution >= 0.6 is 27.3 Å². The van der Waals surface area contributed by atoms with Crippen molar-refractivity contribution in [3.8, 4) is 0 Å². The molecule has 2 rings (SSSR count). The Labute approximate surface area is 125 Å². The predicted molar refractivity (Wildman–Crippen MR) is 74.1 cm³/mol. The Kier molecular flexibility index (Phi) is 4.51. The lowest BCUT2D eigenvalue weighted by atomic mass is 10.00. The summed E-state index contributed by atoms with van der Waals surface area (Å²) in [6.07, 6.45) is -4.43. The highest BCUT2D eigenvalue weighted by atomic mass is 79.9. The van der Waals surface area contributed by atoms with E-state index in [2.05, 4.69) is 15.9 Å². The highest BCUT2D eigenvalue weighted by Crippen LogP contribution is 2.34. The van der Waals surface area contributed by atoms with Gasteiger partial charge >= 0.3 is 6.18 Å². The van der Waals surface area contributed by atoms with E-state index < -0.39 is 23.6 Å². The Balaban J connectivity index is 2.28. The summed E-state index contributed by atoms with van der Waals surface area (Å²) >= 11 is 4.69. The van der Waals surface area contributed by atoms with Crippen LogP contribution in [0.25, 0.3) is 0 Å². The van der Waals surface area contributed by atoms with Gasteiger partial charge in [0.05, 0.1) is 5.56 Å². The number of alkyl halides is 3. The molecule has 7 heteroatoms. The molecule has 0 radical (unpaired) electrons. The maximum absolute atomic E-state index is 13.9. The molecule has 0 fully saturated rings. The van der Waals surface area contributed by atoms with Crippen LogP contribution in [0.15, 0.2) is 34.1 Å². The number of hydrogen-bond acceptors (Lipinski definition) is 2. The number of rotatable bonds is 3. The summed E-state index contributed by atoms with van der Waals surface area (Å²) in [7, 11) is 0. The second-order valence-corrected chi connectivity index (χ2v) is 6.16. The Bertz CT molecular complexity index is 609. The summed E-state index contributed by atoms with van der Waals surface area (Å²) in [6, 6.07) is 4.18. The van der Waals surface area contributed by atoms with Crippen LogP contribution in [0.1, 0.15) is 22.0 Å². The van der Waals surface area contributed by atoms with Crippen LogP contribution < -0.4 is 5.73 Å². The third-order valence-corrected chi connectivity index (χ3v) is 4.50. The highest BCUT2D eigenvalue weighted by molar-refractivity contribution is 9.10. The molecule has 1 aromatic carbocycles. The number of hydrogen-bond donors (Lipinski definition) is 1. The van der Waals surface area contributed by atoms with Crippen LogP contribution in [0, 0.1) is 5.82 Å². The summed E-state index contributed by atoms with van der Waals surface area (Å²) in [6.45, 7) is 0. The zero-order chi connectivity index (χ0) is 14.9. The molecule has 0 aliphatic carbocycles. The van der Waals surface area contributed by atoms with Crippen LogP contribution in [0.4, 0.5) is 17.6 Å². The number of thiophene rings is 1. The fraction of sp³-hybridized carbons (Fsp3) is 0.231. The zero-order valence-corrected chi connectivity index (χ0v) is 12.4. The summed E-state index contributed by atoms with van der Waals surface area (Å²) in [5.41, 5.74) is 4.43. The summed E-state index contributed by atoms with van der Waals surface area (Å²) < 4.78 is 52.7. The molecule has 0 aliphatic rings. The molecular weight excluding hydrogens is 358 g/mol.